The average molecular weight is 258 g/mol. The standard InChI is InChI=1S/C12H16ClNO3/c1-6-4-7(2)11(17-3)8(10(6)13)5-9(14)12(15)16/h4,9H,5,14H2,1-3H3,(H,15,16). The second-order valence-corrected chi connectivity index (χ2v) is 4.36. The molecular weight excluding hydrogens is 242 g/mol. The van der Waals surface area contributed by atoms with E-state index < -0.39 is 12.0 Å². The lowest BCUT2D eigenvalue weighted by Crippen LogP contribution is -2.32. The minimum atomic E-state index is -1.05. The fourth-order valence-corrected chi connectivity index (χ4v) is 2.02. The van der Waals surface area contributed by atoms with Gasteiger partial charge < -0.3 is 15.6 Å². The van der Waals surface area contributed by atoms with E-state index in [2.05, 4.69) is 0 Å². The molecule has 0 bridgehead atoms. The number of halogens is 1. The third-order valence-corrected chi connectivity index (χ3v) is 3.15. The molecule has 0 aromatic heterocycles. The Kier molecular flexibility index (Phi) is 4.37. The number of benzene rings is 1. The maximum atomic E-state index is 10.8. The van der Waals surface area contributed by atoms with Gasteiger partial charge in [-0.2, -0.15) is 0 Å². The molecule has 94 valence electrons. The summed E-state index contributed by atoms with van der Waals surface area (Å²) in [5.41, 5.74) is 7.99. The van der Waals surface area contributed by atoms with Crippen LogP contribution in [0.5, 0.6) is 5.75 Å². The van der Waals surface area contributed by atoms with E-state index >= 15 is 0 Å². The molecule has 17 heavy (non-hydrogen) atoms. The Labute approximate surface area is 105 Å². The van der Waals surface area contributed by atoms with Crippen LogP contribution in [-0.4, -0.2) is 24.2 Å². The smallest absolute Gasteiger partial charge is 0.320 e. The van der Waals surface area contributed by atoms with Gasteiger partial charge in [0.15, 0.2) is 0 Å². The normalized spacial score (nSPS) is 12.3. The molecule has 1 atom stereocenters. The topological polar surface area (TPSA) is 72.5 Å². The molecule has 0 aliphatic carbocycles. The summed E-state index contributed by atoms with van der Waals surface area (Å²) in [6.45, 7) is 3.75. The fraction of sp³-hybridized carbons (Fsp3) is 0.417. The lowest BCUT2D eigenvalue weighted by molar-refractivity contribution is -0.138. The molecule has 3 N–H and O–H groups in total. The van der Waals surface area contributed by atoms with Gasteiger partial charge in [0.25, 0.3) is 0 Å². The summed E-state index contributed by atoms with van der Waals surface area (Å²) in [5, 5.41) is 9.35. The zero-order valence-electron chi connectivity index (χ0n) is 10.1. The average Bonchev–Trinajstić information content (AvgIpc) is 2.25. The maximum Gasteiger partial charge on any atom is 0.320 e. The molecule has 0 aliphatic heterocycles. The molecule has 0 heterocycles. The molecule has 0 aliphatic rings. The van der Waals surface area contributed by atoms with Crippen LogP contribution in [0.2, 0.25) is 5.02 Å². The van der Waals surface area contributed by atoms with Gasteiger partial charge in [-0.05, 0) is 25.0 Å². The first kappa shape index (κ1) is 13.8. The first-order chi connectivity index (χ1) is 7.88. The van der Waals surface area contributed by atoms with Crippen molar-refractivity contribution in [1.29, 1.82) is 0 Å². The van der Waals surface area contributed by atoms with Gasteiger partial charge in [-0.1, -0.05) is 17.7 Å². The Balaban J connectivity index is 3.25. The van der Waals surface area contributed by atoms with Gasteiger partial charge in [0, 0.05) is 12.0 Å². The number of rotatable bonds is 4. The molecule has 5 heteroatoms. The number of hydrogen-bond donors (Lipinski definition) is 2. The van der Waals surface area contributed by atoms with E-state index in [9.17, 15) is 4.79 Å². The van der Waals surface area contributed by atoms with E-state index in [-0.39, 0.29) is 6.42 Å². The fourth-order valence-electron chi connectivity index (χ4n) is 1.80. The summed E-state index contributed by atoms with van der Waals surface area (Å²) in [7, 11) is 1.53. The van der Waals surface area contributed by atoms with E-state index in [0.717, 1.165) is 11.1 Å². The Morgan fingerprint density at radius 2 is 2.12 bits per heavy atom. The van der Waals surface area contributed by atoms with Crippen LogP contribution >= 0.6 is 11.6 Å². The highest BCUT2D eigenvalue weighted by Gasteiger charge is 2.20. The predicted octanol–water partition coefficient (Wildman–Crippen LogP) is 1.92. The van der Waals surface area contributed by atoms with Crippen molar-refractivity contribution in [3.05, 3.63) is 27.8 Å². The number of aliphatic carboxylic acids is 1. The number of carboxylic acid groups (broad SMARTS) is 1. The summed E-state index contributed by atoms with van der Waals surface area (Å²) in [5.74, 6) is -0.445. The Morgan fingerprint density at radius 3 is 2.59 bits per heavy atom. The van der Waals surface area contributed by atoms with Crippen molar-refractivity contribution in [2.24, 2.45) is 5.73 Å². The molecule has 0 saturated carbocycles. The molecule has 4 nitrogen and oxygen atoms in total. The minimum absolute atomic E-state index is 0.153. The van der Waals surface area contributed by atoms with E-state index in [1.807, 2.05) is 19.9 Å². The number of hydrogen-bond acceptors (Lipinski definition) is 3. The van der Waals surface area contributed by atoms with E-state index in [1.165, 1.54) is 7.11 Å². The number of carboxylic acids is 1. The van der Waals surface area contributed by atoms with Crippen LogP contribution in [0.15, 0.2) is 6.07 Å². The second-order valence-electron chi connectivity index (χ2n) is 3.99. The van der Waals surface area contributed by atoms with Crippen LogP contribution in [0, 0.1) is 13.8 Å². The van der Waals surface area contributed by atoms with E-state index in [4.69, 9.17) is 27.2 Å². The van der Waals surface area contributed by atoms with Gasteiger partial charge >= 0.3 is 5.97 Å². The van der Waals surface area contributed by atoms with Gasteiger partial charge in [0.05, 0.1) is 12.1 Å². The van der Waals surface area contributed by atoms with Crippen molar-refractivity contribution < 1.29 is 14.6 Å². The van der Waals surface area contributed by atoms with Crippen molar-refractivity contribution in [2.45, 2.75) is 26.3 Å². The number of methoxy groups -OCH3 is 1. The predicted molar refractivity (Wildman–Crippen MR) is 66.8 cm³/mol. The van der Waals surface area contributed by atoms with Gasteiger partial charge in [0.2, 0.25) is 0 Å². The van der Waals surface area contributed by atoms with Crippen LogP contribution < -0.4 is 10.5 Å². The Bertz CT molecular complexity index is 446. The number of carbonyl (C=O) groups is 1. The molecule has 0 spiro atoms. The van der Waals surface area contributed by atoms with Gasteiger partial charge in [-0.3, -0.25) is 4.79 Å². The lowest BCUT2D eigenvalue weighted by Gasteiger charge is -2.16. The molecular formula is C12H16ClNO3. The molecule has 1 aromatic carbocycles. The summed E-state index contributed by atoms with van der Waals surface area (Å²) < 4.78 is 5.26. The van der Waals surface area contributed by atoms with Crippen molar-refractivity contribution in [2.75, 3.05) is 7.11 Å². The maximum absolute atomic E-state index is 10.8. The van der Waals surface area contributed by atoms with Crippen LogP contribution in [0.3, 0.4) is 0 Å². The monoisotopic (exact) mass is 257 g/mol. The zero-order chi connectivity index (χ0) is 13.2. The molecule has 1 aromatic rings. The lowest BCUT2D eigenvalue weighted by atomic mass is 9.99. The molecule has 0 radical (unpaired) electrons. The van der Waals surface area contributed by atoms with Crippen molar-refractivity contribution >= 4 is 17.6 Å². The third-order valence-electron chi connectivity index (χ3n) is 2.62. The minimum Gasteiger partial charge on any atom is -0.496 e. The zero-order valence-corrected chi connectivity index (χ0v) is 10.8. The highest BCUT2D eigenvalue weighted by molar-refractivity contribution is 6.32. The summed E-state index contributed by atoms with van der Waals surface area (Å²) in [4.78, 5) is 10.8. The van der Waals surface area contributed by atoms with Crippen LogP contribution in [0.25, 0.3) is 0 Å². The summed E-state index contributed by atoms with van der Waals surface area (Å²) in [6, 6.07) is 0.916. The van der Waals surface area contributed by atoms with E-state index in [0.29, 0.717) is 16.3 Å². The third kappa shape index (κ3) is 2.90. The number of aryl methyl sites for hydroxylation is 2. The molecule has 0 amide bonds. The second kappa shape index (κ2) is 5.38. The first-order valence-electron chi connectivity index (χ1n) is 5.19. The quantitative estimate of drug-likeness (QED) is 0.864. The van der Waals surface area contributed by atoms with Crippen molar-refractivity contribution in [3.63, 3.8) is 0 Å². The largest absolute Gasteiger partial charge is 0.496 e. The van der Waals surface area contributed by atoms with Crippen LogP contribution in [0.4, 0.5) is 0 Å². The van der Waals surface area contributed by atoms with Crippen LogP contribution in [0.1, 0.15) is 16.7 Å². The molecule has 0 fully saturated rings. The summed E-state index contributed by atoms with van der Waals surface area (Å²) in [6.07, 6.45) is 0.153. The Hall–Kier alpha value is -1.26. The van der Waals surface area contributed by atoms with Gasteiger partial charge in [-0.15, -0.1) is 0 Å². The van der Waals surface area contributed by atoms with E-state index in [1.54, 1.807) is 0 Å². The molecule has 0 saturated heterocycles. The van der Waals surface area contributed by atoms with Crippen molar-refractivity contribution in [1.82, 2.24) is 0 Å². The Morgan fingerprint density at radius 1 is 1.53 bits per heavy atom. The van der Waals surface area contributed by atoms with Crippen LogP contribution in [-0.2, 0) is 11.2 Å². The first-order valence-corrected chi connectivity index (χ1v) is 5.57. The van der Waals surface area contributed by atoms with Gasteiger partial charge in [-0.25, -0.2) is 0 Å². The van der Waals surface area contributed by atoms with Gasteiger partial charge in [0.1, 0.15) is 11.8 Å². The number of ether oxygens (including phenoxy) is 1. The number of nitrogens with two attached hydrogens (primary N) is 1. The SMILES string of the molecule is COc1c(C)cc(C)c(Cl)c1CC(N)C(=O)O. The summed E-state index contributed by atoms with van der Waals surface area (Å²) >= 11 is 6.17. The molecule has 1 rings (SSSR count). The molecule has 1 unspecified atom stereocenters. The highest BCUT2D eigenvalue weighted by atomic mass is 35.5. The highest BCUT2D eigenvalue weighted by Crippen LogP contribution is 2.33. The van der Waals surface area contributed by atoms with Crippen molar-refractivity contribution in [3.8, 4) is 5.75 Å².